The van der Waals surface area contributed by atoms with E-state index in [1.54, 1.807) is 24.3 Å². The number of hydrogen-bond acceptors (Lipinski definition) is 3. The minimum Gasteiger partial charge on any atom is -0.459 e. The van der Waals surface area contributed by atoms with Crippen LogP contribution in [-0.2, 0) is 12.6 Å². The highest BCUT2D eigenvalue weighted by atomic mass is 19.4. The molecular weight excluding hydrogens is 359 g/mol. The van der Waals surface area contributed by atoms with E-state index in [1.807, 2.05) is 0 Å². The summed E-state index contributed by atoms with van der Waals surface area (Å²) in [6, 6.07) is 13.9. The zero-order valence-electron chi connectivity index (χ0n) is 13.9. The first-order valence-corrected chi connectivity index (χ1v) is 7.98. The molecule has 7 heteroatoms. The van der Waals surface area contributed by atoms with Crippen molar-refractivity contribution in [3.63, 3.8) is 0 Å². The summed E-state index contributed by atoms with van der Waals surface area (Å²) in [7, 11) is 0. The quantitative estimate of drug-likeness (QED) is 0.642. The molecule has 4 nitrogen and oxygen atoms in total. The maximum Gasteiger partial charge on any atom is 0.416 e. The molecule has 0 aliphatic heterocycles. The first kappa shape index (κ1) is 18.4. The van der Waals surface area contributed by atoms with Crippen molar-refractivity contribution in [3.8, 4) is 0 Å². The summed E-state index contributed by atoms with van der Waals surface area (Å²) in [5.41, 5.74) is -0.111. The topological polar surface area (TPSA) is 59.3 Å². The normalized spacial score (nSPS) is 11.2. The Morgan fingerprint density at radius 2 is 1.74 bits per heavy atom. The summed E-state index contributed by atoms with van der Waals surface area (Å²) in [6.45, 7) is 0. The minimum atomic E-state index is -4.48. The predicted octanol–water partition coefficient (Wildman–Crippen LogP) is 4.98. The number of amides is 1. The SMILES string of the molecule is O=C(Nc1ccccc1C(=O)Cc1cccc(C(F)(F)F)c1)c1ccco1. The van der Waals surface area contributed by atoms with Gasteiger partial charge in [-0.3, -0.25) is 9.59 Å². The molecule has 0 unspecified atom stereocenters. The van der Waals surface area contributed by atoms with Crippen LogP contribution in [0.5, 0.6) is 0 Å². The fourth-order valence-electron chi connectivity index (χ4n) is 2.57. The number of halogens is 3. The minimum absolute atomic E-state index is 0.0788. The molecule has 0 radical (unpaired) electrons. The third-order valence-electron chi connectivity index (χ3n) is 3.84. The Morgan fingerprint density at radius 1 is 0.963 bits per heavy atom. The summed E-state index contributed by atoms with van der Waals surface area (Å²) in [5.74, 6) is -0.862. The van der Waals surface area contributed by atoms with Gasteiger partial charge in [0.05, 0.1) is 17.5 Å². The number of nitrogens with one attached hydrogen (secondary N) is 1. The van der Waals surface area contributed by atoms with Gasteiger partial charge in [0.25, 0.3) is 5.91 Å². The van der Waals surface area contributed by atoms with Crippen molar-refractivity contribution in [2.45, 2.75) is 12.6 Å². The van der Waals surface area contributed by atoms with Crippen LogP contribution in [0.2, 0.25) is 0 Å². The second-order valence-electron chi connectivity index (χ2n) is 5.78. The molecule has 3 aromatic rings. The average Bonchev–Trinajstić information content (AvgIpc) is 3.16. The lowest BCUT2D eigenvalue weighted by Gasteiger charge is -2.11. The monoisotopic (exact) mass is 373 g/mol. The number of hydrogen-bond donors (Lipinski definition) is 1. The molecular formula is C20H14F3NO3. The van der Waals surface area contributed by atoms with E-state index in [9.17, 15) is 22.8 Å². The van der Waals surface area contributed by atoms with Gasteiger partial charge in [0.15, 0.2) is 11.5 Å². The fourth-order valence-corrected chi connectivity index (χ4v) is 2.57. The van der Waals surface area contributed by atoms with Crippen molar-refractivity contribution in [2.75, 3.05) is 5.32 Å². The molecule has 0 aliphatic rings. The summed E-state index contributed by atoms with van der Waals surface area (Å²) in [4.78, 5) is 24.7. The molecule has 0 bridgehead atoms. The van der Waals surface area contributed by atoms with Crippen LogP contribution in [-0.4, -0.2) is 11.7 Å². The summed E-state index contributed by atoms with van der Waals surface area (Å²) in [6.07, 6.45) is -3.36. The van der Waals surface area contributed by atoms with Crippen molar-refractivity contribution in [2.24, 2.45) is 0 Å². The number of ketones is 1. The van der Waals surface area contributed by atoms with Crippen LogP contribution in [0.3, 0.4) is 0 Å². The van der Waals surface area contributed by atoms with Crippen LogP contribution < -0.4 is 5.32 Å². The Labute approximate surface area is 152 Å². The smallest absolute Gasteiger partial charge is 0.416 e. The molecule has 1 aromatic heterocycles. The summed E-state index contributed by atoms with van der Waals surface area (Å²) >= 11 is 0. The molecule has 138 valence electrons. The van der Waals surface area contributed by atoms with Gasteiger partial charge in [-0.05, 0) is 35.9 Å². The molecule has 1 heterocycles. The second kappa shape index (κ2) is 7.49. The summed E-state index contributed by atoms with van der Waals surface area (Å²) < 4.78 is 43.5. The van der Waals surface area contributed by atoms with Gasteiger partial charge >= 0.3 is 6.18 Å². The Morgan fingerprint density at radius 3 is 2.44 bits per heavy atom. The van der Waals surface area contributed by atoms with E-state index in [2.05, 4.69) is 5.32 Å². The standard InChI is InChI=1S/C20H14F3NO3/c21-20(22,23)14-6-3-5-13(11-14)12-17(25)15-7-1-2-8-16(15)24-19(26)18-9-4-10-27-18/h1-11H,12H2,(H,24,26). The number of para-hydroxylation sites is 1. The van der Waals surface area contributed by atoms with Crippen molar-refractivity contribution in [1.82, 2.24) is 0 Å². The number of rotatable bonds is 5. The van der Waals surface area contributed by atoms with E-state index in [0.717, 1.165) is 12.1 Å². The van der Waals surface area contributed by atoms with Crippen molar-refractivity contribution >= 4 is 17.4 Å². The van der Waals surface area contributed by atoms with Gasteiger partial charge in [-0.15, -0.1) is 0 Å². The Bertz CT molecular complexity index is 963. The van der Waals surface area contributed by atoms with E-state index in [0.29, 0.717) is 0 Å². The molecule has 1 N–H and O–H groups in total. The van der Waals surface area contributed by atoms with Crippen LogP contribution in [0, 0.1) is 0 Å². The van der Waals surface area contributed by atoms with Crippen LogP contribution in [0.15, 0.2) is 71.3 Å². The first-order valence-electron chi connectivity index (χ1n) is 7.98. The van der Waals surface area contributed by atoms with E-state index >= 15 is 0 Å². The number of alkyl halides is 3. The molecule has 0 saturated carbocycles. The van der Waals surface area contributed by atoms with E-state index in [-0.39, 0.29) is 29.0 Å². The van der Waals surface area contributed by atoms with E-state index < -0.39 is 23.4 Å². The van der Waals surface area contributed by atoms with Crippen LogP contribution in [0.4, 0.5) is 18.9 Å². The maximum atomic E-state index is 12.8. The third kappa shape index (κ3) is 4.44. The average molecular weight is 373 g/mol. The largest absolute Gasteiger partial charge is 0.459 e. The van der Waals surface area contributed by atoms with Crippen LogP contribution in [0.25, 0.3) is 0 Å². The van der Waals surface area contributed by atoms with Crippen molar-refractivity contribution < 1.29 is 27.2 Å². The lowest BCUT2D eigenvalue weighted by molar-refractivity contribution is -0.137. The zero-order chi connectivity index (χ0) is 19.4. The van der Waals surface area contributed by atoms with Gasteiger partial charge in [-0.25, -0.2) is 0 Å². The van der Waals surface area contributed by atoms with Gasteiger partial charge < -0.3 is 9.73 Å². The van der Waals surface area contributed by atoms with Gasteiger partial charge in [0, 0.05) is 12.0 Å². The lowest BCUT2D eigenvalue weighted by Crippen LogP contribution is -2.15. The van der Waals surface area contributed by atoms with E-state index in [4.69, 9.17) is 4.42 Å². The highest BCUT2D eigenvalue weighted by molar-refractivity contribution is 6.08. The number of carbonyl (C=O) groups excluding carboxylic acids is 2. The Hall–Kier alpha value is -3.35. The molecule has 0 aliphatic carbocycles. The number of anilines is 1. The predicted molar refractivity (Wildman–Crippen MR) is 92.6 cm³/mol. The van der Waals surface area contributed by atoms with Gasteiger partial charge in [0.1, 0.15) is 0 Å². The van der Waals surface area contributed by atoms with Gasteiger partial charge in [-0.2, -0.15) is 13.2 Å². The number of benzene rings is 2. The fraction of sp³-hybridized carbons (Fsp3) is 0.100. The van der Waals surface area contributed by atoms with Crippen molar-refractivity contribution in [3.05, 3.63) is 89.4 Å². The molecule has 0 saturated heterocycles. The second-order valence-corrected chi connectivity index (χ2v) is 5.78. The number of carbonyl (C=O) groups is 2. The summed E-state index contributed by atoms with van der Waals surface area (Å²) in [5, 5.41) is 2.58. The highest BCUT2D eigenvalue weighted by Crippen LogP contribution is 2.30. The van der Waals surface area contributed by atoms with Gasteiger partial charge in [-0.1, -0.05) is 30.3 Å². The van der Waals surface area contributed by atoms with Crippen molar-refractivity contribution in [1.29, 1.82) is 0 Å². The third-order valence-corrected chi connectivity index (χ3v) is 3.84. The molecule has 3 rings (SSSR count). The number of furan rings is 1. The van der Waals surface area contributed by atoms with Crippen LogP contribution in [0.1, 0.15) is 32.0 Å². The molecule has 2 aromatic carbocycles. The maximum absolute atomic E-state index is 12.8. The molecule has 1 amide bonds. The molecule has 0 spiro atoms. The molecule has 0 fully saturated rings. The molecule has 27 heavy (non-hydrogen) atoms. The number of Topliss-reactive ketones (excluding diaryl/α,β-unsaturated/α-hetero) is 1. The lowest BCUT2D eigenvalue weighted by atomic mass is 10.00. The molecule has 0 atom stereocenters. The Balaban J connectivity index is 1.81. The van der Waals surface area contributed by atoms with Crippen LogP contribution >= 0.6 is 0 Å². The Kier molecular flexibility index (Phi) is 5.12. The first-order chi connectivity index (χ1) is 12.8. The van der Waals surface area contributed by atoms with E-state index in [1.165, 1.54) is 30.5 Å². The highest BCUT2D eigenvalue weighted by Gasteiger charge is 2.30. The van der Waals surface area contributed by atoms with Gasteiger partial charge in [0.2, 0.25) is 0 Å². The zero-order valence-corrected chi connectivity index (χ0v) is 13.9.